The van der Waals surface area contributed by atoms with Gasteiger partial charge in [-0.25, -0.2) is 0 Å². The molecular formula is C14H19NO3. The third-order valence-electron chi connectivity index (χ3n) is 2.44. The number of ether oxygens (including phenoxy) is 1. The molecule has 0 unspecified atom stereocenters. The smallest absolute Gasteiger partial charge is 0.317 e. The predicted octanol–water partition coefficient (Wildman–Crippen LogP) is 1.73. The van der Waals surface area contributed by atoms with E-state index in [4.69, 9.17) is 9.84 Å². The molecule has 4 heteroatoms. The molecule has 0 aliphatic carbocycles. The van der Waals surface area contributed by atoms with Gasteiger partial charge >= 0.3 is 5.97 Å². The highest BCUT2D eigenvalue weighted by Crippen LogP contribution is 2.01. The van der Waals surface area contributed by atoms with Crippen LogP contribution in [0.3, 0.4) is 0 Å². The molecule has 1 rings (SSSR count). The van der Waals surface area contributed by atoms with Gasteiger partial charge < -0.3 is 9.84 Å². The number of carboxylic acids is 1. The molecule has 0 saturated heterocycles. The molecule has 0 aliphatic rings. The first-order valence-corrected chi connectivity index (χ1v) is 5.87. The molecule has 0 aliphatic heterocycles. The maximum atomic E-state index is 10.7. The first-order chi connectivity index (χ1) is 8.72. The summed E-state index contributed by atoms with van der Waals surface area (Å²) in [4.78, 5) is 12.5. The number of hydrogen-bond acceptors (Lipinski definition) is 3. The Morgan fingerprint density at radius 1 is 1.39 bits per heavy atom. The second-order valence-electron chi connectivity index (χ2n) is 3.93. The van der Waals surface area contributed by atoms with E-state index in [9.17, 15) is 4.79 Å². The SMILES string of the molecule is COCCN(CC=Cc1ccccc1)CC(=O)O. The first kappa shape index (κ1) is 14.4. The monoisotopic (exact) mass is 249 g/mol. The highest BCUT2D eigenvalue weighted by Gasteiger charge is 2.07. The molecule has 1 aromatic rings. The average Bonchev–Trinajstić information content (AvgIpc) is 2.36. The molecule has 1 N–H and O–H groups in total. The van der Waals surface area contributed by atoms with E-state index < -0.39 is 5.97 Å². The van der Waals surface area contributed by atoms with Gasteiger partial charge in [0.25, 0.3) is 0 Å². The fourth-order valence-corrected chi connectivity index (χ4v) is 1.55. The minimum Gasteiger partial charge on any atom is -0.480 e. The van der Waals surface area contributed by atoms with Crippen molar-refractivity contribution in [1.82, 2.24) is 4.90 Å². The minimum absolute atomic E-state index is 0.0302. The van der Waals surface area contributed by atoms with Crippen molar-refractivity contribution < 1.29 is 14.6 Å². The molecule has 0 aromatic heterocycles. The summed E-state index contributed by atoms with van der Waals surface area (Å²) in [6.07, 6.45) is 3.95. The van der Waals surface area contributed by atoms with E-state index >= 15 is 0 Å². The number of nitrogens with zero attached hydrogens (tertiary/aromatic N) is 1. The van der Waals surface area contributed by atoms with Crippen LogP contribution in [0.25, 0.3) is 6.08 Å². The summed E-state index contributed by atoms with van der Waals surface area (Å²) in [7, 11) is 1.61. The van der Waals surface area contributed by atoms with Crippen LogP contribution in [0, 0.1) is 0 Å². The van der Waals surface area contributed by atoms with Crippen molar-refractivity contribution in [2.45, 2.75) is 0 Å². The van der Waals surface area contributed by atoms with Gasteiger partial charge in [0, 0.05) is 20.2 Å². The zero-order chi connectivity index (χ0) is 13.2. The van der Waals surface area contributed by atoms with Gasteiger partial charge in [-0.1, -0.05) is 42.5 Å². The molecule has 0 atom stereocenters. The van der Waals surface area contributed by atoms with E-state index in [0.717, 1.165) is 5.56 Å². The van der Waals surface area contributed by atoms with Gasteiger partial charge in [-0.2, -0.15) is 0 Å². The van der Waals surface area contributed by atoms with E-state index in [1.807, 2.05) is 47.4 Å². The second-order valence-corrected chi connectivity index (χ2v) is 3.93. The fourth-order valence-electron chi connectivity index (χ4n) is 1.55. The lowest BCUT2D eigenvalue weighted by molar-refractivity contribution is -0.138. The number of hydrogen-bond donors (Lipinski definition) is 1. The van der Waals surface area contributed by atoms with Crippen LogP contribution in [0.15, 0.2) is 36.4 Å². The van der Waals surface area contributed by atoms with Gasteiger partial charge in [0.2, 0.25) is 0 Å². The number of aliphatic carboxylic acids is 1. The molecule has 0 fully saturated rings. The molecule has 0 amide bonds. The molecular weight excluding hydrogens is 230 g/mol. The zero-order valence-electron chi connectivity index (χ0n) is 10.6. The van der Waals surface area contributed by atoms with Gasteiger partial charge in [0.05, 0.1) is 13.2 Å². The van der Waals surface area contributed by atoms with E-state index in [1.54, 1.807) is 7.11 Å². The third-order valence-corrected chi connectivity index (χ3v) is 2.44. The lowest BCUT2D eigenvalue weighted by Crippen LogP contribution is -2.32. The molecule has 18 heavy (non-hydrogen) atoms. The molecule has 0 heterocycles. The predicted molar refractivity (Wildman–Crippen MR) is 71.4 cm³/mol. The molecule has 0 saturated carbocycles. The first-order valence-electron chi connectivity index (χ1n) is 5.87. The van der Waals surface area contributed by atoms with Crippen molar-refractivity contribution in [2.75, 3.05) is 33.4 Å². The second kappa shape index (κ2) is 8.44. The Morgan fingerprint density at radius 2 is 2.11 bits per heavy atom. The van der Waals surface area contributed by atoms with Gasteiger partial charge in [0.1, 0.15) is 0 Å². The summed E-state index contributed by atoms with van der Waals surface area (Å²) >= 11 is 0. The topological polar surface area (TPSA) is 49.8 Å². The summed E-state index contributed by atoms with van der Waals surface area (Å²) in [5.74, 6) is -0.820. The number of rotatable bonds is 8. The zero-order valence-corrected chi connectivity index (χ0v) is 10.6. The van der Waals surface area contributed by atoms with Gasteiger partial charge in [-0.15, -0.1) is 0 Å². The Morgan fingerprint density at radius 3 is 2.72 bits per heavy atom. The molecule has 0 radical (unpaired) electrons. The van der Waals surface area contributed by atoms with Crippen LogP contribution in [0.2, 0.25) is 0 Å². The van der Waals surface area contributed by atoms with Crippen LogP contribution in [0.5, 0.6) is 0 Å². The van der Waals surface area contributed by atoms with Crippen molar-refractivity contribution >= 4 is 12.0 Å². The highest BCUT2D eigenvalue weighted by atomic mass is 16.5. The number of benzene rings is 1. The van der Waals surface area contributed by atoms with Crippen molar-refractivity contribution in [3.05, 3.63) is 42.0 Å². The van der Waals surface area contributed by atoms with E-state index in [0.29, 0.717) is 19.7 Å². The standard InChI is InChI=1S/C14H19NO3/c1-18-11-10-15(12-14(16)17)9-5-8-13-6-3-2-4-7-13/h2-8H,9-12H2,1H3,(H,16,17). The molecule has 1 aromatic carbocycles. The van der Waals surface area contributed by atoms with Crippen LogP contribution >= 0.6 is 0 Å². The Bertz CT molecular complexity index is 376. The van der Waals surface area contributed by atoms with Crippen LogP contribution in [-0.2, 0) is 9.53 Å². The molecule has 4 nitrogen and oxygen atoms in total. The number of carboxylic acid groups (broad SMARTS) is 1. The summed E-state index contributed by atoms with van der Waals surface area (Å²) in [5.41, 5.74) is 1.11. The van der Waals surface area contributed by atoms with Gasteiger partial charge in [-0.05, 0) is 5.56 Å². The summed E-state index contributed by atoms with van der Waals surface area (Å²) in [5, 5.41) is 8.79. The van der Waals surface area contributed by atoms with Crippen LogP contribution in [0.1, 0.15) is 5.56 Å². The highest BCUT2D eigenvalue weighted by molar-refractivity contribution is 5.69. The van der Waals surface area contributed by atoms with E-state index in [-0.39, 0.29) is 6.54 Å². The average molecular weight is 249 g/mol. The Kier molecular flexibility index (Phi) is 6.76. The van der Waals surface area contributed by atoms with Gasteiger partial charge in [0.15, 0.2) is 0 Å². The maximum absolute atomic E-state index is 10.7. The third kappa shape index (κ3) is 6.18. The van der Waals surface area contributed by atoms with Gasteiger partial charge in [-0.3, -0.25) is 9.69 Å². The van der Waals surface area contributed by atoms with Crippen LogP contribution in [0.4, 0.5) is 0 Å². The summed E-state index contributed by atoms with van der Waals surface area (Å²) < 4.78 is 4.96. The minimum atomic E-state index is -0.820. The number of methoxy groups -OCH3 is 1. The number of carbonyl (C=O) groups is 1. The fraction of sp³-hybridized carbons (Fsp3) is 0.357. The Hall–Kier alpha value is -1.65. The van der Waals surface area contributed by atoms with Crippen molar-refractivity contribution in [1.29, 1.82) is 0 Å². The maximum Gasteiger partial charge on any atom is 0.317 e. The lowest BCUT2D eigenvalue weighted by Gasteiger charge is -2.17. The van der Waals surface area contributed by atoms with E-state index in [2.05, 4.69) is 0 Å². The Balaban J connectivity index is 2.45. The van der Waals surface area contributed by atoms with Crippen molar-refractivity contribution in [2.24, 2.45) is 0 Å². The molecule has 0 bridgehead atoms. The quantitative estimate of drug-likeness (QED) is 0.762. The van der Waals surface area contributed by atoms with E-state index in [1.165, 1.54) is 0 Å². The van der Waals surface area contributed by atoms with Crippen molar-refractivity contribution in [3.8, 4) is 0 Å². The van der Waals surface area contributed by atoms with Crippen molar-refractivity contribution in [3.63, 3.8) is 0 Å². The summed E-state index contributed by atoms with van der Waals surface area (Å²) in [6, 6.07) is 9.92. The largest absolute Gasteiger partial charge is 0.480 e. The molecule has 0 spiro atoms. The van der Waals surface area contributed by atoms with Crippen LogP contribution in [-0.4, -0.2) is 49.3 Å². The summed E-state index contributed by atoms with van der Waals surface area (Å²) in [6.45, 7) is 1.78. The normalized spacial score (nSPS) is 11.2. The Labute approximate surface area is 107 Å². The lowest BCUT2D eigenvalue weighted by atomic mass is 10.2. The molecule has 98 valence electrons. The van der Waals surface area contributed by atoms with Crippen LogP contribution < -0.4 is 0 Å².